The second-order valence-corrected chi connectivity index (χ2v) is 4.81. The van der Waals surface area contributed by atoms with Crippen molar-refractivity contribution in [3.05, 3.63) is 54.1 Å². The Hall–Kier alpha value is -1.61. The van der Waals surface area contributed by atoms with Crippen LogP contribution in [0.3, 0.4) is 0 Å². The van der Waals surface area contributed by atoms with Crippen molar-refractivity contribution in [1.82, 2.24) is 0 Å². The fraction of sp³-hybridized carbons (Fsp3) is 0.200. The third kappa shape index (κ3) is 3.44. The number of anilines is 1. The summed E-state index contributed by atoms with van der Waals surface area (Å²) in [6, 6.07) is 16.6. The van der Waals surface area contributed by atoms with Gasteiger partial charge in [0.15, 0.2) is 0 Å². The molecule has 0 aliphatic carbocycles. The summed E-state index contributed by atoms with van der Waals surface area (Å²) in [7, 11) is 1.68. The topological polar surface area (TPSA) is 21.3 Å². The minimum Gasteiger partial charge on any atom is -0.497 e. The summed E-state index contributed by atoms with van der Waals surface area (Å²) in [6.07, 6.45) is 2.09. The van der Waals surface area contributed by atoms with Gasteiger partial charge in [-0.25, -0.2) is 0 Å². The number of nitrogens with one attached hydrogen (secondary N) is 1. The highest BCUT2D eigenvalue weighted by Crippen LogP contribution is 2.17. The molecule has 2 nitrogen and oxygen atoms in total. The molecule has 0 heterocycles. The van der Waals surface area contributed by atoms with Crippen LogP contribution in [-0.4, -0.2) is 13.4 Å². The Bertz CT molecular complexity index is 431. The summed E-state index contributed by atoms with van der Waals surface area (Å²) >= 11 is 1.76. The lowest BCUT2D eigenvalue weighted by Crippen LogP contribution is -1.98. The molecular weight excluding hydrogens is 242 g/mol. The molecule has 0 aliphatic rings. The fourth-order valence-corrected chi connectivity index (χ4v) is 2.06. The van der Waals surface area contributed by atoms with E-state index in [1.807, 2.05) is 24.3 Å². The Morgan fingerprint density at radius 1 is 1.00 bits per heavy atom. The molecule has 0 unspecified atom stereocenters. The summed E-state index contributed by atoms with van der Waals surface area (Å²) < 4.78 is 5.13. The molecule has 0 amide bonds. The van der Waals surface area contributed by atoms with Crippen LogP contribution < -0.4 is 10.1 Å². The zero-order valence-corrected chi connectivity index (χ0v) is 11.5. The van der Waals surface area contributed by atoms with E-state index in [-0.39, 0.29) is 0 Å². The van der Waals surface area contributed by atoms with Gasteiger partial charge in [0.1, 0.15) is 5.75 Å². The van der Waals surface area contributed by atoms with Crippen LogP contribution in [0.5, 0.6) is 5.75 Å². The Labute approximate surface area is 112 Å². The summed E-state index contributed by atoms with van der Waals surface area (Å²) in [5, 5.41) is 3.39. The lowest BCUT2D eigenvalue weighted by Gasteiger charge is -2.08. The van der Waals surface area contributed by atoms with E-state index in [9.17, 15) is 0 Å². The lowest BCUT2D eigenvalue weighted by atomic mass is 10.2. The van der Waals surface area contributed by atoms with Crippen LogP contribution in [0.1, 0.15) is 5.56 Å². The Balaban J connectivity index is 1.93. The van der Waals surface area contributed by atoms with Crippen LogP contribution in [0.15, 0.2) is 53.4 Å². The van der Waals surface area contributed by atoms with Crippen molar-refractivity contribution in [3.63, 3.8) is 0 Å². The molecule has 3 heteroatoms. The Morgan fingerprint density at radius 2 is 1.67 bits per heavy atom. The average molecular weight is 259 g/mol. The van der Waals surface area contributed by atoms with Crippen molar-refractivity contribution >= 4 is 17.4 Å². The van der Waals surface area contributed by atoms with Gasteiger partial charge in [-0.05, 0) is 48.2 Å². The van der Waals surface area contributed by atoms with Gasteiger partial charge in [0.05, 0.1) is 7.11 Å². The monoisotopic (exact) mass is 259 g/mol. The normalized spacial score (nSPS) is 10.1. The molecule has 0 radical (unpaired) electrons. The van der Waals surface area contributed by atoms with Gasteiger partial charge in [-0.1, -0.05) is 12.1 Å². The molecule has 0 saturated heterocycles. The highest BCUT2D eigenvalue weighted by Gasteiger charge is 1.96. The van der Waals surface area contributed by atoms with Crippen molar-refractivity contribution in [1.29, 1.82) is 0 Å². The van der Waals surface area contributed by atoms with E-state index in [0.717, 1.165) is 18.0 Å². The first-order chi connectivity index (χ1) is 8.81. The van der Waals surface area contributed by atoms with Crippen LogP contribution in [0, 0.1) is 0 Å². The van der Waals surface area contributed by atoms with Crippen LogP contribution in [-0.2, 0) is 6.54 Å². The standard InChI is InChI=1S/C15H17NOS/c1-17-14-7-5-13(6-8-14)16-11-12-3-9-15(18-2)10-4-12/h3-10,16H,11H2,1-2H3. The highest BCUT2D eigenvalue weighted by molar-refractivity contribution is 7.98. The van der Waals surface area contributed by atoms with E-state index < -0.39 is 0 Å². The molecule has 0 saturated carbocycles. The Kier molecular flexibility index (Phi) is 4.53. The SMILES string of the molecule is COc1ccc(NCc2ccc(SC)cc2)cc1. The number of rotatable bonds is 5. The number of thioether (sulfide) groups is 1. The largest absolute Gasteiger partial charge is 0.497 e. The predicted octanol–water partition coefficient (Wildman–Crippen LogP) is 4.03. The molecule has 0 spiro atoms. The van der Waals surface area contributed by atoms with Crippen molar-refractivity contribution < 1.29 is 4.74 Å². The molecule has 0 fully saturated rings. The molecule has 0 bridgehead atoms. The molecule has 94 valence electrons. The second kappa shape index (κ2) is 6.36. The number of ether oxygens (including phenoxy) is 1. The summed E-state index contributed by atoms with van der Waals surface area (Å²) in [5.74, 6) is 0.880. The fourth-order valence-electron chi connectivity index (χ4n) is 1.66. The maximum Gasteiger partial charge on any atom is 0.119 e. The van der Waals surface area contributed by atoms with Crippen molar-refractivity contribution in [2.75, 3.05) is 18.7 Å². The predicted molar refractivity (Wildman–Crippen MR) is 78.5 cm³/mol. The maximum absolute atomic E-state index is 5.13. The van der Waals surface area contributed by atoms with Crippen molar-refractivity contribution in [2.24, 2.45) is 0 Å². The number of hydrogen-bond acceptors (Lipinski definition) is 3. The van der Waals surface area contributed by atoms with Gasteiger partial charge in [0.2, 0.25) is 0 Å². The summed E-state index contributed by atoms with van der Waals surface area (Å²) in [6.45, 7) is 0.834. The molecule has 18 heavy (non-hydrogen) atoms. The second-order valence-electron chi connectivity index (χ2n) is 3.93. The van der Waals surface area contributed by atoms with Gasteiger partial charge in [-0.15, -0.1) is 11.8 Å². The van der Waals surface area contributed by atoms with Crippen molar-refractivity contribution in [3.8, 4) is 5.75 Å². The van der Waals surface area contributed by atoms with E-state index in [2.05, 4.69) is 35.8 Å². The smallest absolute Gasteiger partial charge is 0.119 e. The van der Waals surface area contributed by atoms with E-state index in [1.54, 1.807) is 18.9 Å². The molecule has 2 rings (SSSR count). The van der Waals surface area contributed by atoms with Crippen LogP contribution in [0.2, 0.25) is 0 Å². The van der Waals surface area contributed by atoms with Gasteiger partial charge >= 0.3 is 0 Å². The van der Waals surface area contributed by atoms with Gasteiger partial charge < -0.3 is 10.1 Å². The molecule has 2 aromatic carbocycles. The summed E-state index contributed by atoms with van der Waals surface area (Å²) in [4.78, 5) is 1.29. The average Bonchev–Trinajstić information content (AvgIpc) is 2.46. The number of benzene rings is 2. The summed E-state index contributed by atoms with van der Waals surface area (Å²) in [5.41, 5.74) is 2.38. The minimum atomic E-state index is 0.834. The molecule has 2 aromatic rings. The third-order valence-corrected chi connectivity index (χ3v) is 3.49. The van der Waals surface area contributed by atoms with Crippen LogP contribution in [0.4, 0.5) is 5.69 Å². The third-order valence-electron chi connectivity index (χ3n) is 2.75. The molecule has 0 aromatic heterocycles. The van der Waals surface area contributed by atoms with Gasteiger partial charge in [0, 0.05) is 17.1 Å². The number of hydrogen-bond donors (Lipinski definition) is 1. The van der Waals surface area contributed by atoms with Crippen LogP contribution >= 0.6 is 11.8 Å². The van der Waals surface area contributed by atoms with Gasteiger partial charge in [-0.2, -0.15) is 0 Å². The first-order valence-electron chi connectivity index (χ1n) is 5.82. The van der Waals surface area contributed by atoms with Gasteiger partial charge in [-0.3, -0.25) is 0 Å². The van der Waals surface area contributed by atoms with E-state index in [0.29, 0.717) is 0 Å². The zero-order valence-electron chi connectivity index (χ0n) is 10.6. The van der Waals surface area contributed by atoms with Crippen LogP contribution in [0.25, 0.3) is 0 Å². The lowest BCUT2D eigenvalue weighted by molar-refractivity contribution is 0.415. The maximum atomic E-state index is 5.13. The quantitative estimate of drug-likeness (QED) is 0.819. The van der Waals surface area contributed by atoms with Gasteiger partial charge in [0.25, 0.3) is 0 Å². The Morgan fingerprint density at radius 3 is 2.22 bits per heavy atom. The highest BCUT2D eigenvalue weighted by atomic mass is 32.2. The molecule has 1 N–H and O–H groups in total. The van der Waals surface area contributed by atoms with Crippen molar-refractivity contribution in [2.45, 2.75) is 11.4 Å². The molecular formula is C15H17NOS. The van der Waals surface area contributed by atoms with E-state index in [4.69, 9.17) is 4.74 Å². The number of methoxy groups -OCH3 is 1. The first-order valence-corrected chi connectivity index (χ1v) is 7.05. The van der Waals surface area contributed by atoms with E-state index >= 15 is 0 Å². The van der Waals surface area contributed by atoms with E-state index in [1.165, 1.54) is 10.5 Å². The zero-order chi connectivity index (χ0) is 12.8. The minimum absolute atomic E-state index is 0.834. The first kappa shape index (κ1) is 12.8. The molecule has 0 aliphatic heterocycles. The molecule has 0 atom stereocenters.